The van der Waals surface area contributed by atoms with E-state index >= 15 is 0 Å². The summed E-state index contributed by atoms with van der Waals surface area (Å²) in [5.74, 6) is 0.516. The zero-order valence-electron chi connectivity index (χ0n) is 11.5. The molecule has 1 aliphatic carbocycles. The van der Waals surface area contributed by atoms with Crippen LogP contribution in [0.3, 0.4) is 0 Å². The average molecular weight is 271 g/mol. The van der Waals surface area contributed by atoms with Gasteiger partial charge in [0.2, 0.25) is 0 Å². The van der Waals surface area contributed by atoms with Crippen molar-refractivity contribution in [1.29, 1.82) is 0 Å². The summed E-state index contributed by atoms with van der Waals surface area (Å²) in [4.78, 5) is 0. The molecule has 0 heterocycles. The van der Waals surface area contributed by atoms with Crippen molar-refractivity contribution >= 4 is 0 Å². The van der Waals surface area contributed by atoms with Crippen LogP contribution in [0.25, 0.3) is 0 Å². The minimum absolute atomic E-state index is 0.245. The van der Waals surface area contributed by atoms with Crippen LogP contribution in [0.2, 0.25) is 0 Å². The fourth-order valence-corrected chi connectivity index (χ4v) is 3.11. The van der Waals surface area contributed by atoms with Gasteiger partial charge in [0, 0.05) is 5.56 Å². The maximum atomic E-state index is 14.2. The Bertz CT molecular complexity index is 641. The van der Waals surface area contributed by atoms with Crippen molar-refractivity contribution < 1.29 is 9.13 Å². The standard InChI is InChI=1S/C17H18FNO/c1-20-13-9-8-12-5-4-10-17(19,15(12)11-13)14-6-2-3-7-16(14)18/h2-3,6-9,11H,4-5,10,19H2,1H3. The minimum Gasteiger partial charge on any atom is -0.497 e. The Morgan fingerprint density at radius 1 is 1.15 bits per heavy atom. The van der Waals surface area contributed by atoms with Gasteiger partial charge in [-0.25, -0.2) is 4.39 Å². The number of aryl methyl sites for hydroxylation is 1. The van der Waals surface area contributed by atoms with Gasteiger partial charge in [-0.3, -0.25) is 0 Å². The fraction of sp³-hybridized carbons (Fsp3) is 0.294. The average Bonchev–Trinajstić information content (AvgIpc) is 2.48. The Morgan fingerprint density at radius 2 is 1.95 bits per heavy atom. The maximum Gasteiger partial charge on any atom is 0.128 e. The predicted molar refractivity (Wildman–Crippen MR) is 77.3 cm³/mol. The minimum atomic E-state index is -0.770. The monoisotopic (exact) mass is 271 g/mol. The van der Waals surface area contributed by atoms with E-state index in [1.54, 1.807) is 19.2 Å². The first kappa shape index (κ1) is 13.1. The zero-order chi connectivity index (χ0) is 14.2. The highest BCUT2D eigenvalue weighted by atomic mass is 19.1. The first-order valence-electron chi connectivity index (χ1n) is 6.86. The second kappa shape index (κ2) is 4.91. The van der Waals surface area contributed by atoms with Crippen molar-refractivity contribution in [2.45, 2.75) is 24.8 Å². The third kappa shape index (κ3) is 1.98. The molecule has 0 amide bonds. The Hall–Kier alpha value is -1.87. The predicted octanol–water partition coefficient (Wildman–Crippen LogP) is 3.37. The molecule has 3 heteroatoms. The van der Waals surface area contributed by atoms with Gasteiger partial charge in [0.1, 0.15) is 11.6 Å². The number of benzene rings is 2. The molecule has 1 atom stereocenters. The second-order valence-electron chi connectivity index (χ2n) is 5.33. The Kier molecular flexibility index (Phi) is 3.22. The topological polar surface area (TPSA) is 35.2 Å². The van der Waals surface area contributed by atoms with E-state index in [9.17, 15) is 4.39 Å². The van der Waals surface area contributed by atoms with E-state index in [0.29, 0.717) is 5.56 Å². The highest BCUT2D eigenvalue weighted by Crippen LogP contribution is 2.40. The number of rotatable bonds is 2. The molecule has 0 aromatic heterocycles. The quantitative estimate of drug-likeness (QED) is 0.909. The summed E-state index contributed by atoms with van der Waals surface area (Å²) in [6.45, 7) is 0. The number of ether oxygens (including phenoxy) is 1. The third-order valence-electron chi connectivity index (χ3n) is 4.17. The van der Waals surface area contributed by atoms with E-state index in [1.165, 1.54) is 11.6 Å². The highest BCUT2D eigenvalue weighted by Gasteiger charge is 2.36. The van der Waals surface area contributed by atoms with Gasteiger partial charge in [-0.15, -0.1) is 0 Å². The molecule has 0 fully saturated rings. The van der Waals surface area contributed by atoms with E-state index in [0.717, 1.165) is 30.6 Å². The van der Waals surface area contributed by atoms with Crippen LogP contribution in [-0.4, -0.2) is 7.11 Å². The van der Waals surface area contributed by atoms with Gasteiger partial charge in [-0.1, -0.05) is 24.3 Å². The van der Waals surface area contributed by atoms with E-state index < -0.39 is 5.54 Å². The van der Waals surface area contributed by atoms with Gasteiger partial charge in [0.15, 0.2) is 0 Å². The molecule has 1 unspecified atom stereocenters. The van der Waals surface area contributed by atoms with Crippen molar-refractivity contribution in [1.82, 2.24) is 0 Å². The molecule has 0 bridgehead atoms. The molecule has 0 saturated heterocycles. The van der Waals surface area contributed by atoms with Crippen LogP contribution in [0, 0.1) is 5.82 Å². The Balaban J connectivity index is 2.19. The van der Waals surface area contributed by atoms with E-state index in [4.69, 9.17) is 10.5 Å². The number of halogens is 1. The molecule has 1 aliphatic rings. The molecule has 3 rings (SSSR count). The summed E-state index contributed by atoms with van der Waals surface area (Å²) in [7, 11) is 1.63. The molecule has 2 N–H and O–H groups in total. The van der Waals surface area contributed by atoms with Crippen LogP contribution >= 0.6 is 0 Å². The SMILES string of the molecule is COc1ccc2c(c1)C(N)(c1ccccc1F)CCC2. The largest absolute Gasteiger partial charge is 0.497 e. The summed E-state index contributed by atoms with van der Waals surface area (Å²) >= 11 is 0. The Morgan fingerprint density at radius 3 is 2.70 bits per heavy atom. The molecule has 0 spiro atoms. The normalized spacial score (nSPS) is 21.4. The first-order valence-corrected chi connectivity index (χ1v) is 6.86. The van der Waals surface area contributed by atoms with Crippen molar-refractivity contribution in [3.8, 4) is 5.75 Å². The van der Waals surface area contributed by atoms with Crippen LogP contribution in [0.4, 0.5) is 4.39 Å². The fourth-order valence-electron chi connectivity index (χ4n) is 3.11. The molecule has 0 radical (unpaired) electrons. The van der Waals surface area contributed by atoms with E-state index in [2.05, 4.69) is 0 Å². The molecule has 2 aromatic carbocycles. The van der Waals surface area contributed by atoms with Crippen LogP contribution in [-0.2, 0) is 12.0 Å². The van der Waals surface area contributed by atoms with Gasteiger partial charge < -0.3 is 10.5 Å². The van der Waals surface area contributed by atoms with Crippen LogP contribution in [0.1, 0.15) is 29.5 Å². The molecule has 0 aliphatic heterocycles. The summed E-state index contributed by atoms with van der Waals surface area (Å²) in [6.07, 6.45) is 2.69. The van der Waals surface area contributed by atoms with E-state index in [-0.39, 0.29) is 5.82 Å². The number of fused-ring (bicyclic) bond motifs is 1. The first-order chi connectivity index (χ1) is 9.65. The summed E-state index contributed by atoms with van der Waals surface area (Å²) in [5.41, 5.74) is 8.58. The van der Waals surface area contributed by atoms with Crippen molar-refractivity contribution in [3.05, 3.63) is 65.0 Å². The number of nitrogens with two attached hydrogens (primary N) is 1. The lowest BCUT2D eigenvalue weighted by molar-refractivity contribution is 0.399. The highest BCUT2D eigenvalue weighted by molar-refractivity contribution is 5.48. The van der Waals surface area contributed by atoms with Crippen molar-refractivity contribution in [2.24, 2.45) is 5.73 Å². The lowest BCUT2D eigenvalue weighted by Gasteiger charge is -2.36. The number of hydrogen-bond donors (Lipinski definition) is 1. The Labute approximate surface area is 118 Å². The van der Waals surface area contributed by atoms with Gasteiger partial charge in [0.05, 0.1) is 12.6 Å². The van der Waals surface area contributed by atoms with E-state index in [1.807, 2.05) is 24.3 Å². The number of methoxy groups -OCH3 is 1. The summed E-state index contributed by atoms with van der Waals surface area (Å²) in [5, 5.41) is 0. The maximum absolute atomic E-state index is 14.2. The van der Waals surface area contributed by atoms with Crippen molar-refractivity contribution in [2.75, 3.05) is 7.11 Å². The lowest BCUT2D eigenvalue weighted by Crippen LogP contribution is -2.42. The lowest BCUT2D eigenvalue weighted by atomic mass is 9.73. The molecular weight excluding hydrogens is 253 g/mol. The van der Waals surface area contributed by atoms with Gasteiger partial charge >= 0.3 is 0 Å². The summed E-state index contributed by atoms with van der Waals surface area (Å²) in [6, 6.07) is 12.7. The van der Waals surface area contributed by atoms with Gasteiger partial charge in [0.25, 0.3) is 0 Å². The molecule has 20 heavy (non-hydrogen) atoms. The molecule has 104 valence electrons. The zero-order valence-corrected chi connectivity index (χ0v) is 11.5. The van der Waals surface area contributed by atoms with Crippen LogP contribution in [0.15, 0.2) is 42.5 Å². The smallest absolute Gasteiger partial charge is 0.128 e. The molecule has 2 nitrogen and oxygen atoms in total. The second-order valence-corrected chi connectivity index (χ2v) is 5.33. The van der Waals surface area contributed by atoms with Gasteiger partial charge in [-0.05, 0) is 48.6 Å². The summed E-state index contributed by atoms with van der Waals surface area (Å²) < 4.78 is 19.5. The van der Waals surface area contributed by atoms with Crippen LogP contribution in [0.5, 0.6) is 5.75 Å². The molecule has 2 aromatic rings. The van der Waals surface area contributed by atoms with Gasteiger partial charge in [-0.2, -0.15) is 0 Å². The number of hydrogen-bond acceptors (Lipinski definition) is 2. The van der Waals surface area contributed by atoms with Crippen LogP contribution < -0.4 is 10.5 Å². The third-order valence-corrected chi connectivity index (χ3v) is 4.17. The molecule has 0 saturated carbocycles. The van der Waals surface area contributed by atoms with Crippen molar-refractivity contribution in [3.63, 3.8) is 0 Å². The molecular formula is C17H18FNO.